The van der Waals surface area contributed by atoms with Crippen molar-refractivity contribution in [3.05, 3.63) is 29.3 Å². The number of rotatable bonds is 3. The van der Waals surface area contributed by atoms with Crippen molar-refractivity contribution in [1.29, 1.82) is 0 Å². The minimum absolute atomic E-state index is 0.383. The smallest absolute Gasteiger partial charge is 0.118 e. The van der Waals surface area contributed by atoms with Gasteiger partial charge in [-0.25, -0.2) is 0 Å². The summed E-state index contributed by atoms with van der Waals surface area (Å²) in [6, 6.07) is 5.65. The van der Waals surface area contributed by atoms with Gasteiger partial charge in [0.1, 0.15) is 5.75 Å². The molecule has 1 aromatic carbocycles. The molecule has 0 aromatic heterocycles. The average Bonchev–Trinajstić information content (AvgIpc) is 2.07. The van der Waals surface area contributed by atoms with Crippen molar-refractivity contribution in [2.24, 2.45) is 5.73 Å². The van der Waals surface area contributed by atoms with Crippen molar-refractivity contribution in [3.63, 3.8) is 0 Å². The number of benzene rings is 1. The third kappa shape index (κ3) is 2.24. The maximum Gasteiger partial charge on any atom is 0.118 e. The predicted molar refractivity (Wildman–Crippen MR) is 50.2 cm³/mol. The summed E-state index contributed by atoms with van der Waals surface area (Å²) >= 11 is 0. The zero-order valence-corrected chi connectivity index (χ0v) is 7.38. The highest BCUT2D eigenvalue weighted by molar-refractivity contribution is 5.35. The molecule has 12 heavy (non-hydrogen) atoms. The van der Waals surface area contributed by atoms with E-state index in [0.717, 1.165) is 18.4 Å². The second-order valence-electron chi connectivity index (χ2n) is 3.02. The minimum atomic E-state index is 0.383. The quantitative estimate of drug-likeness (QED) is 0.714. The number of aromatic hydroxyl groups is 1. The molecule has 1 rings (SSSR count). The van der Waals surface area contributed by atoms with Crippen LogP contribution in [0, 0.1) is 6.92 Å². The van der Waals surface area contributed by atoms with Crippen LogP contribution in [0.3, 0.4) is 0 Å². The van der Waals surface area contributed by atoms with Gasteiger partial charge in [-0.05, 0) is 37.9 Å². The molecule has 0 fully saturated rings. The molecule has 0 aliphatic carbocycles. The Bertz CT molecular complexity index is 258. The number of nitrogens with two attached hydrogens (primary N) is 1. The molecule has 1 aromatic rings. The fraction of sp³-hybridized carbons (Fsp3) is 0.400. The van der Waals surface area contributed by atoms with Gasteiger partial charge in [0, 0.05) is 0 Å². The zero-order valence-electron chi connectivity index (χ0n) is 7.38. The van der Waals surface area contributed by atoms with Crippen LogP contribution in [0.25, 0.3) is 0 Å². The number of phenolic OH excluding ortho intramolecular Hbond substituents is 1. The van der Waals surface area contributed by atoms with Crippen LogP contribution in [0.5, 0.6) is 5.75 Å². The van der Waals surface area contributed by atoms with Gasteiger partial charge in [0.15, 0.2) is 0 Å². The summed E-state index contributed by atoms with van der Waals surface area (Å²) in [6.45, 7) is 2.69. The normalized spacial score (nSPS) is 10.2. The van der Waals surface area contributed by atoms with Crippen LogP contribution in [0.2, 0.25) is 0 Å². The molecule has 2 nitrogen and oxygen atoms in total. The Balaban J connectivity index is 2.75. The predicted octanol–water partition coefficient (Wildman–Crippen LogP) is 1.59. The Hall–Kier alpha value is -1.02. The molecule has 0 saturated heterocycles. The number of hydrogen-bond acceptors (Lipinski definition) is 2. The van der Waals surface area contributed by atoms with Crippen LogP contribution in [0.4, 0.5) is 0 Å². The molecule has 66 valence electrons. The first-order valence-electron chi connectivity index (χ1n) is 4.22. The Morgan fingerprint density at radius 2 is 2.17 bits per heavy atom. The fourth-order valence-electron chi connectivity index (χ4n) is 1.21. The molecular weight excluding hydrogens is 150 g/mol. The third-order valence-corrected chi connectivity index (χ3v) is 1.89. The summed E-state index contributed by atoms with van der Waals surface area (Å²) in [6.07, 6.45) is 1.79. The molecule has 0 heterocycles. The average molecular weight is 165 g/mol. The van der Waals surface area contributed by atoms with Gasteiger partial charge >= 0.3 is 0 Å². The summed E-state index contributed by atoms with van der Waals surface area (Å²) in [7, 11) is 0. The van der Waals surface area contributed by atoms with Crippen LogP contribution in [0.1, 0.15) is 17.5 Å². The Morgan fingerprint density at radius 3 is 2.83 bits per heavy atom. The topological polar surface area (TPSA) is 46.2 Å². The number of aryl methyl sites for hydroxylation is 2. The number of hydrogen-bond donors (Lipinski definition) is 2. The van der Waals surface area contributed by atoms with Crippen LogP contribution in [0.15, 0.2) is 18.2 Å². The molecule has 3 N–H and O–H groups in total. The lowest BCUT2D eigenvalue weighted by Gasteiger charge is -2.04. The molecule has 0 bridgehead atoms. The molecule has 0 aliphatic heterocycles. The van der Waals surface area contributed by atoms with Gasteiger partial charge in [0.05, 0.1) is 0 Å². The van der Waals surface area contributed by atoms with E-state index in [1.54, 1.807) is 6.07 Å². The van der Waals surface area contributed by atoms with Gasteiger partial charge in [-0.1, -0.05) is 17.7 Å². The molecule has 0 aliphatic rings. The molecule has 0 unspecified atom stereocenters. The van der Waals surface area contributed by atoms with E-state index in [1.165, 1.54) is 5.56 Å². The van der Waals surface area contributed by atoms with Gasteiger partial charge in [0.25, 0.3) is 0 Å². The first-order valence-corrected chi connectivity index (χ1v) is 4.22. The molecule has 0 saturated carbocycles. The molecule has 0 spiro atoms. The van der Waals surface area contributed by atoms with Crippen molar-refractivity contribution in [2.75, 3.05) is 6.54 Å². The van der Waals surface area contributed by atoms with Crippen molar-refractivity contribution in [2.45, 2.75) is 19.8 Å². The molecule has 2 heteroatoms. The highest BCUT2D eigenvalue weighted by atomic mass is 16.3. The summed E-state index contributed by atoms with van der Waals surface area (Å²) in [4.78, 5) is 0. The van der Waals surface area contributed by atoms with Crippen molar-refractivity contribution in [1.82, 2.24) is 0 Å². The summed E-state index contributed by atoms with van der Waals surface area (Å²) < 4.78 is 0. The standard InChI is InChI=1S/C10H15NO/c1-8-4-5-10(12)9(7-8)3-2-6-11/h4-5,7,12H,2-3,6,11H2,1H3. The van der Waals surface area contributed by atoms with E-state index in [9.17, 15) is 5.11 Å². The Labute approximate surface area is 73.0 Å². The monoisotopic (exact) mass is 165 g/mol. The fourth-order valence-corrected chi connectivity index (χ4v) is 1.21. The summed E-state index contributed by atoms with van der Waals surface area (Å²) in [5.74, 6) is 0.383. The SMILES string of the molecule is Cc1ccc(O)c(CCCN)c1. The van der Waals surface area contributed by atoms with E-state index >= 15 is 0 Å². The van der Waals surface area contributed by atoms with E-state index in [0.29, 0.717) is 12.3 Å². The van der Waals surface area contributed by atoms with Gasteiger partial charge in [-0.2, -0.15) is 0 Å². The van der Waals surface area contributed by atoms with E-state index < -0.39 is 0 Å². The largest absolute Gasteiger partial charge is 0.508 e. The van der Waals surface area contributed by atoms with E-state index in [-0.39, 0.29) is 0 Å². The zero-order chi connectivity index (χ0) is 8.97. The van der Waals surface area contributed by atoms with Crippen LogP contribution < -0.4 is 5.73 Å². The van der Waals surface area contributed by atoms with E-state index in [1.807, 2.05) is 19.1 Å². The summed E-state index contributed by atoms with van der Waals surface area (Å²) in [5.41, 5.74) is 7.56. The highest BCUT2D eigenvalue weighted by Gasteiger charge is 1.99. The van der Waals surface area contributed by atoms with Gasteiger partial charge in [-0.15, -0.1) is 0 Å². The van der Waals surface area contributed by atoms with E-state index in [4.69, 9.17) is 5.73 Å². The molecular formula is C10H15NO. The third-order valence-electron chi connectivity index (χ3n) is 1.89. The van der Waals surface area contributed by atoms with Crippen LogP contribution in [-0.2, 0) is 6.42 Å². The Morgan fingerprint density at radius 1 is 1.42 bits per heavy atom. The minimum Gasteiger partial charge on any atom is -0.508 e. The Kier molecular flexibility index (Phi) is 3.11. The molecule has 0 amide bonds. The van der Waals surface area contributed by atoms with Crippen LogP contribution >= 0.6 is 0 Å². The second kappa shape index (κ2) is 4.12. The highest BCUT2D eigenvalue weighted by Crippen LogP contribution is 2.19. The van der Waals surface area contributed by atoms with Crippen molar-refractivity contribution >= 4 is 0 Å². The van der Waals surface area contributed by atoms with E-state index in [2.05, 4.69) is 0 Å². The first-order chi connectivity index (χ1) is 5.74. The lowest BCUT2D eigenvalue weighted by molar-refractivity contribution is 0.467. The summed E-state index contributed by atoms with van der Waals surface area (Å²) in [5, 5.41) is 9.42. The van der Waals surface area contributed by atoms with Gasteiger partial charge in [0.2, 0.25) is 0 Å². The number of phenols is 1. The van der Waals surface area contributed by atoms with Gasteiger partial charge in [-0.3, -0.25) is 0 Å². The molecule has 0 radical (unpaired) electrons. The van der Waals surface area contributed by atoms with Gasteiger partial charge < -0.3 is 10.8 Å². The molecule has 0 atom stereocenters. The van der Waals surface area contributed by atoms with Crippen molar-refractivity contribution in [3.8, 4) is 5.75 Å². The first kappa shape index (κ1) is 9.07. The van der Waals surface area contributed by atoms with Crippen molar-refractivity contribution < 1.29 is 5.11 Å². The second-order valence-corrected chi connectivity index (χ2v) is 3.02. The lowest BCUT2D eigenvalue weighted by atomic mass is 10.1. The lowest BCUT2D eigenvalue weighted by Crippen LogP contribution is -2.00. The maximum absolute atomic E-state index is 9.42. The van der Waals surface area contributed by atoms with Crippen LogP contribution in [-0.4, -0.2) is 11.7 Å². The maximum atomic E-state index is 9.42.